The van der Waals surface area contributed by atoms with E-state index < -0.39 is 54.9 Å². The molecule has 0 aliphatic carbocycles. The molecule has 4 aromatic heterocycles. The van der Waals surface area contributed by atoms with Gasteiger partial charge in [-0.25, -0.2) is 0 Å². The number of aryl methyl sites for hydroxylation is 6. The van der Waals surface area contributed by atoms with Crippen molar-refractivity contribution in [1.82, 2.24) is 15.0 Å². The maximum atomic E-state index is 9.74. The van der Waals surface area contributed by atoms with Crippen LogP contribution in [0.4, 0.5) is 0 Å². The van der Waals surface area contributed by atoms with Crippen LogP contribution in [0.5, 0.6) is 0 Å². The van der Waals surface area contributed by atoms with Gasteiger partial charge in [-0.05, 0) is 118 Å². The van der Waals surface area contributed by atoms with Gasteiger partial charge in [0.15, 0.2) is 0 Å². The van der Waals surface area contributed by atoms with Gasteiger partial charge in [0, 0.05) is 40.4 Å². The fraction of sp³-hybridized carbons (Fsp3) is 0.207. The molecule has 0 saturated heterocycles. The summed E-state index contributed by atoms with van der Waals surface area (Å²) in [5.41, 5.74) is 2.59. The van der Waals surface area contributed by atoms with Crippen molar-refractivity contribution in [2.75, 3.05) is 0 Å². The Kier molecular flexibility index (Phi) is 9.75. The van der Waals surface area contributed by atoms with Gasteiger partial charge in [0.2, 0.25) is 0 Å². The zero-order valence-electron chi connectivity index (χ0n) is 47.5. The summed E-state index contributed by atoms with van der Waals surface area (Å²) in [5, 5.41) is 11.1. The summed E-state index contributed by atoms with van der Waals surface area (Å²) in [6.45, 7) is 7.29. The topological polar surface area (TPSA) is 75.6 Å². The number of hydrogen-bond donors (Lipinski definition) is 0. The Labute approximate surface area is 407 Å². The number of furan rings is 1. The molecule has 9 aromatic rings. The third-order valence-electron chi connectivity index (χ3n) is 10.7. The van der Waals surface area contributed by atoms with E-state index >= 15 is 0 Å². The van der Waals surface area contributed by atoms with Gasteiger partial charge in [-0.1, -0.05) is 93.2 Å². The maximum absolute atomic E-state index is 9.74. The molecule has 0 amide bonds. The zero-order chi connectivity index (χ0) is 54.0. The van der Waals surface area contributed by atoms with Gasteiger partial charge in [0.1, 0.15) is 11.7 Å². The first-order valence-electron chi connectivity index (χ1n) is 26.7. The first-order valence-corrected chi connectivity index (χ1v) is 20.7. The molecule has 64 heavy (non-hydrogen) atoms. The van der Waals surface area contributed by atoms with Gasteiger partial charge >= 0.3 is 20.1 Å². The van der Waals surface area contributed by atoms with Crippen molar-refractivity contribution in [3.8, 4) is 39.8 Å². The Balaban J connectivity index is 0.00000765. The Morgan fingerprint density at radius 3 is 1.61 bits per heavy atom. The second-order valence-electron chi connectivity index (χ2n) is 15.6. The second kappa shape index (κ2) is 19.9. The largest absolute Gasteiger partial charge is 3.00 e. The summed E-state index contributed by atoms with van der Waals surface area (Å²) in [4.78, 5) is 13.6. The van der Waals surface area contributed by atoms with Crippen molar-refractivity contribution >= 4 is 21.9 Å². The number of nitrogens with zero attached hydrogens (tertiary/aromatic N) is 4. The third-order valence-corrected chi connectivity index (χ3v) is 10.7. The van der Waals surface area contributed by atoms with Gasteiger partial charge in [-0.3, -0.25) is 0 Å². The first-order chi connectivity index (χ1) is 35.3. The number of para-hydroxylation sites is 1. The number of benzene rings is 5. The summed E-state index contributed by atoms with van der Waals surface area (Å²) in [6.07, 6.45) is -14.7. The number of rotatable bonds is 14. The summed E-state index contributed by atoms with van der Waals surface area (Å²) >= 11 is 0. The molecule has 6 heteroatoms. The molecule has 0 N–H and O–H groups in total. The van der Waals surface area contributed by atoms with E-state index in [2.05, 4.69) is 39.2 Å². The van der Waals surface area contributed by atoms with Crippen molar-refractivity contribution < 1.29 is 41.0 Å². The van der Waals surface area contributed by atoms with Crippen LogP contribution in [0.3, 0.4) is 0 Å². The van der Waals surface area contributed by atoms with E-state index in [9.17, 15) is 21.7 Å². The zero-order valence-corrected chi connectivity index (χ0v) is 37.9. The van der Waals surface area contributed by atoms with E-state index in [1.54, 1.807) is 72.8 Å². The number of hydrogen-bond acceptors (Lipinski definition) is 5. The van der Waals surface area contributed by atoms with E-state index in [0.29, 0.717) is 72.4 Å². The van der Waals surface area contributed by atoms with Gasteiger partial charge in [0.05, 0.1) is 11.1 Å². The summed E-state index contributed by atoms with van der Waals surface area (Å²) < 4.78 is 122. The molecule has 9 rings (SSSR count). The molecule has 4 heterocycles. The summed E-state index contributed by atoms with van der Waals surface area (Å²) in [7, 11) is 0. The van der Waals surface area contributed by atoms with Crippen molar-refractivity contribution in [3.63, 3.8) is 0 Å². The molecule has 0 spiro atoms. The fourth-order valence-corrected chi connectivity index (χ4v) is 7.43. The van der Waals surface area contributed by atoms with Crippen LogP contribution in [0, 0.1) is 29.5 Å². The molecule has 5 aromatic carbocycles. The molecule has 316 valence electrons. The van der Waals surface area contributed by atoms with Crippen LogP contribution in [-0.2, 0) is 58.3 Å². The minimum Gasteiger partial charge on any atom is -0.499 e. The fourth-order valence-electron chi connectivity index (χ4n) is 7.43. The number of aromatic nitrogens is 3. The van der Waals surface area contributed by atoms with Gasteiger partial charge in [0.25, 0.3) is 0 Å². The Bertz CT molecular complexity index is 3520. The van der Waals surface area contributed by atoms with Crippen LogP contribution >= 0.6 is 0 Å². The normalized spacial score (nSPS) is 15.5. The van der Waals surface area contributed by atoms with Crippen molar-refractivity contribution in [2.45, 2.75) is 77.8 Å². The molecular formula is C58H49IrN4O. The average Bonchev–Trinajstić information content (AvgIpc) is 3.80. The average molecular weight is 1020 g/mol. The Morgan fingerprint density at radius 1 is 0.547 bits per heavy atom. The predicted molar refractivity (Wildman–Crippen MR) is 254 cm³/mol. The summed E-state index contributed by atoms with van der Waals surface area (Å²) in [6, 6.07) is 43.5. The van der Waals surface area contributed by atoms with Crippen LogP contribution < -0.4 is 0 Å². The molecule has 0 aliphatic heterocycles. The second-order valence-corrected chi connectivity index (χ2v) is 15.6. The third kappa shape index (κ3) is 9.68. The van der Waals surface area contributed by atoms with Crippen molar-refractivity contribution in [3.05, 3.63) is 208 Å². The van der Waals surface area contributed by atoms with Crippen LogP contribution in [0.2, 0.25) is 0 Å². The standard InChI is InChI=1S/C58H49N4O.Ir/c1-38(2)52-32-55(44-13-7-5-8-14-44)61-36-47(52)26-23-42-29-41(30-43(31-42)24-27-48-37-62-56(33-53(48)39(3)4)45-15-9-6-10-16-45)22-21-40-25-28-54(60-35-40)51-20-12-19-50-49-18-11-17-46(34-59)57(49)63-58(50)51;/h5-13,15,17-19,25,28-33,35-39H,21-24,26-27H2,1-4H3;/q-3;+3/i21D2,22D2,23D2,24D2,26D2,27D2;. The smallest absolute Gasteiger partial charge is 0.499 e. The van der Waals surface area contributed by atoms with Crippen LogP contribution in [0.1, 0.15) is 106 Å². The molecule has 0 aliphatic rings. The van der Waals surface area contributed by atoms with Gasteiger partial charge in [-0.2, -0.15) is 5.26 Å². The molecule has 0 fully saturated rings. The molecule has 0 radical (unpaired) electrons. The minimum absolute atomic E-state index is 0. The summed E-state index contributed by atoms with van der Waals surface area (Å²) in [5.74, 6) is -0.700. The van der Waals surface area contributed by atoms with Crippen LogP contribution in [0.15, 0.2) is 144 Å². The molecule has 0 bridgehead atoms. The number of fused-ring (bicyclic) bond motifs is 3. The minimum atomic E-state index is -3.15. The first kappa shape index (κ1) is 31.4. The number of nitriles is 1. The molecule has 0 unspecified atom stereocenters. The van der Waals surface area contributed by atoms with E-state index in [4.69, 9.17) is 4.42 Å². The van der Waals surface area contributed by atoms with E-state index in [1.807, 2.05) is 45.9 Å². The van der Waals surface area contributed by atoms with E-state index in [1.165, 1.54) is 24.5 Å². The monoisotopic (exact) mass is 1020 g/mol. The maximum Gasteiger partial charge on any atom is 3.00 e. The molecule has 0 atom stereocenters. The van der Waals surface area contributed by atoms with Gasteiger partial charge in [-0.15, -0.1) is 90.0 Å². The SMILES string of the molecule is [2H]C([2H])(c1ccc(-c2[c-]ccc3c2oc2c(C#N)cccc23)nc1)C([2H])([2H])c1cc(C([2H])([2H])C([2H])([2H])c2cnc(-c3[c-]cccc3)cc2C(C)C)cc(C([2H])([2H])C([2H])([2H])c2cnc(-c3[c-]cccc3)cc2C(C)C)c1.[Ir+3]. The van der Waals surface area contributed by atoms with Crippen LogP contribution in [0.25, 0.3) is 55.7 Å². The Morgan fingerprint density at radius 2 is 1.09 bits per heavy atom. The molecule has 0 saturated carbocycles. The van der Waals surface area contributed by atoms with Crippen molar-refractivity contribution in [2.24, 2.45) is 0 Å². The van der Waals surface area contributed by atoms with E-state index in [0.717, 1.165) is 24.4 Å². The predicted octanol–water partition coefficient (Wildman–Crippen LogP) is 13.6. The number of pyridine rings is 3. The van der Waals surface area contributed by atoms with Gasteiger partial charge < -0.3 is 19.4 Å². The van der Waals surface area contributed by atoms with E-state index in [-0.39, 0.29) is 48.6 Å². The quantitative estimate of drug-likeness (QED) is 0.101. The Hall–Kier alpha value is -6.51. The van der Waals surface area contributed by atoms with Crippen molar-refractivity contribution in [1.29, 1.82) is 5.26 Å². The molecule has 5 nitrogen and oxygen atoms in total. The molecular weight excluding hydrogens is 961 g/mol. The van der Waals surface area contributed by atoms with Crippen LogP contribution in [-0.4, -0.2) is 15.0 Å².